The molecule has 0 fully saturated rings. The SMILES string of the molecule is Cc1cc(N)cc(C(C)N)c1F.Cl. The van der Waals surface area contributed by atoms with Gasteiger partial charge in [-0.1, -0.05) is 0 Å². The van der Waals surface area contributed by atoms with Gasteiger partial charge in [-0.05, 0) is 31.5 Å². The number of hydrogen-bond donors (Lipinski definition) is 2. The van der Waals surface area contributed by atoms with Crippen LogP contribution in [-0.2, 0) is 0 Å². The highest BCUT2D eigenvalue weighted by atomic mass is 35.5. The van der Waals surface area contributed by atoms with Gasteiger partial charge in [0.2, 0.25) is 0 Å². The molecular formula is C9H14ClFN2. The number of rotatable bonds is 1. The average molecular weight is 205 g/mol. The highest BCUT2D eigenvalue weighted by molar-refractivity contribution is 5.85. The molecule has 0 heterocycles. The molecule has 74 valence electrons. The zero-order valence-corrected chi connectivity index (χ0v) is 8.49. The molecule has 0 saturated heterocycles. The molecule has 0 aliphatic rings. The molecule has 4 heteroatoms. The van der Waals surface area contributed by atoms with Gasteiger partial charge in [0.1, 0.15) is 5.82 Å². The molecule has 1 unspecified atom stereocenters. The molecule has 1 aromatic carbocycles. The monoisotopic (exact) mass is 204 g/mol. The predicted molar refractivity (Wildman–Crippen MR) is 55.4 cm³/mol. The molecule has 0 aromatic heterocycles. The van der Waals surface area contributed by atoms with Crippen molar-refractivity contribution in [2.45, 2.75) is 19.9 Å². The maximum absolute atomic E-state index is 13.3. The smallest absolute Gasteiger partial charge is 0.131 e. The first kappa shape index (κ1) is 12.2. The summed E-state index contributed by atoms with van der Waals surface area (Å²) in [6.45, 7) is 3.41. The van der Waals surface area contributed by atoms with E-state index in [1.54, 1.807) is 26.0 Å². The highest BCUT2D eigenvalue weighted by Gasteiger charge is 2.09. The minimum atomic E-state index is -0.313. The second-order valence-electron chi connectivity index (χ2n) is 3.03. The first-order valence-electron chi connectivity index (χ1n) is 3.83. The van der Waals surface area contributed by atoms with Crippen LogP contribution in [0, 0.1) is 12.7 Å². The van der Waals surface area contributed by atoms with E-state index in [-0.39, 0.29) is 24.3 Å². The van der Waals surface area contributed by atoms with Crippen LogP contribution in [0.15, 0.2) is 12.1 Å². The number of hydrogen-bond acceptors (Lipinski definition) is 2. The Kier molecular flexibility index (Phi) is 4.17. The lowest BCUT2D eigenvalue weighted by Crippen LogP contribution is -2.09. The lowest BCUT2D eigenvalue weighted by molar-refractivity contribution is 0.586. The second-order valence-corrected chi connectivity index (χ2v) is 3.03. The van der Waals surface area contributed by atoms with Crippen molar-refractivity contribution in [3.05, 3.63) is 29.1 Å². The highest BCUT2D eigenvalue weighted by Crippen LogP contribution is 2.21. The zero-order chi connectivity index (χ0) is 9.30. The van der Waals surface area contributed by atoms with Crippen molar-refractivity contribution in [3.8, 4) is 0 Å². The maximum atomic E-state index is 13.3. The average Bonchev–Trinajstić information content (AvgIpc) is 1.96. The molecule has 1 atom stereocenters. The van der Waals surface area contributed by atoms with Crippen LogP contribution in [0.5, 0.6) is 0 Å². The van der Waals surface area contributed by atoms with Gasteiger partial charge >= 0.3 is 0 Å². The Labute approximate surface area is 83.5 Å². The van der Waals surface area contributed by atoms with Gasteiger partial charge in [-0.2, -0.15) is 0 Å². The van der Waals surface area contributed by atoms with Gasteiger partial charge in [0.25, 0.3) is 0 Å². The maximum Gasteiger partial charge on any atom is 0.131 e. The molecule has 0 radical (unpaired) electrons. The van der Waals surface area contributed by atoms with Gasteiger partial charge in [0, 0.05) is 17.3 Å². The summed E-state index contributed by atoms with van der Waals surface area (Å²) in [6.07, 6.45) is 0. The summed E-state index contributed by atoms with van der Waals surface area (Å²) in [5, 5.41) is 0. The van der Waals surface area contributed by atoms with Gasteiger partial charge in [0.05, 0.1) is 0 Å². The van der Waals surface area contributed by atoms with Crippen molar-refractivity contribution < 1.29 is 4.39 Å². The van der Waals surface area contributed by atoms with Crippen LogP contribution < -0.4 is 11.5 Å². The number of aryl methyl sites for hydroxylation is 1. The van der Waals surface area contributed by atoms with Crippen LogP contribution >= 0.6 is 12.4 Å². The quantitative estimate of drug-likeness (QED) is 0.689. The number of anilines is 1. The van der Waals surface area contributed by atoms with Crippen molar-refractivity contribution in [1.29, 1.82) is 0 Å². The predicted octanol–water partition coefficient (Wildman–Crippen LogP) is 2.16. The fourth-order valence-corrected chi connectivity index (χ4v) is 1.16. The molecule has 0 spiro atoms. The third-order valence-corrected chi connectivity index (χ3v) is 1.80. The summed E-state index contributed by atoms with van der Waals surface area (Å²) in [6, 6.07) is 2.86. The summed E-state index contributed by atoms with van der Waals surface area (Å²) in [5.41, 5.74) is 12.7. The van der Waals surface area contributed by atoms with Crippen LogP contribution in [0.1, 0.15) is 24.1 Å². The number of nitrogens with two attached hydrogens (primary N) is 2. The molecular weight excluding hydrogens is 191 g/mol. The van der Waals surface area contributed by atoms with E-state index in [0.717, 1.165) is 0 Å². The minimum absolute atomic E-state index is 0. The van der Waals surface area contributed by atoms with Gasteiger partial charge in [0.15, 0.2) is 0 Å². The van der Waals surface area contributed by atoms with E-state index in [1.807, 2.05) is 0 Å². The van der Waals surface area contributed by atoms with E-state index in [2.05, 4.69) is 0 Å². The fourth-order valence-electron chi connectivity index (χ4n) is 1.16. The van der Waals surface area contributed by atoms with E-state index >= 15 is 0 Å². The molecule has 1 aromatic rings. The topological polar surface area (TPSA) is 52.0 Å². The number of nitrogen functional groups attached to an aromatic ring is 1. The zero-order valence-electron chi connectivity index (χ0n) is 7.67. The molecule has 4 N–H and O–H groups in total. The standard InChI is InChI=1S/C9H13FN2.ClH/c1-5-3-7(12)4-8(6(2)11)9(5)10;/h3-4,6H,11-12H2,1-2H3;1H. The van der Waals surface area contributed by atoms with E-state index in [1.165, 1.54) is 0 Å². The van der Waals surface area contributed by atoms with Crippen LogP contribution in [0.25, 0.3) is 0 Å². The summed E-state index contributed by atoms with van der Waals surface area (Å²) in [4.78, 5) is 0. The Balaban J connectivity index is 0.00000144. The Bertz CT molecular complexity index is 300. The third-order valence-electron chi connectivity index (χ3n) is 1.80. The summed E-state index contributed by atoms with van der Waals surface area (Å²) < 4.78 is 13.3. The van der Waals surface area contributed by atoms with Crippen molar-refractivity contribution in [2.24, 2.45) is 5.73 Å². The normalized spacial score (nSPS) is 12.0. The van der Waals surface area contributed by atoms with E-state index in [4.69, 9.17) is 11.5 Å². The van der Waals surface area contributed by atoms with Crippen LogP contribution in [0.2, 0.25) is 0 Å². The van der Waals surface area contributed by atoms with Gasteiger partial charge in [-0.3, -0.25) is 0 Å². The Morgan fingerprint density at radius 1 is 1.38 bits per heavy atom. The molecule has 2 nitrogen and oxygen atoms in total. The van der Waals surface area contributed by atoms with E-state index < -0.39 is 0 Å². The Hall–Kier alpha value is -0.800. The fraction of sp³-hybridized carbons (Fsp3) is 0.333. The molecule has 0 amide bonds. The molecule has 0 aliphatic heterocycles. The second kappa shape index (κ2) is 4.44. The first-order chi connectivity index (χ1) is 5.52. The lowest BCUT2D eigenvalue weighted by atomic mass is 10.0. The van der Waals surface area contributed by atoms with Gasteiger partial charge in [-0.15, -0.1) is 12.4 Å². The van der Waals surface area contributed by atoms with Crippen LogP contribution in [0.3, 0.4) is 0 Å². The van der Waals surface area contributed by atoms with Gasteiger partial charge in [-0.25, -0.2) is 4.39 Å². The summed E-state index contributed by atoms with van der Waals surface area (Å²) >= 11 is 0. The molecule has 1 rings (SSSR count). The molecule has 13 heavy (non-hydrogen) atoms. The lowest BCUT2D eigenvalue weighted by Gasteiger charge is -2.09. The summed E-state index contributed by atoms with van der Waals surface area (Å²) in [7, 11) is 0. The van der Waals surface area contributed by atoms with Crippen molar-refractivity contribution in [3.63, 3.8) is 0 Å². The van der Waals surface area contributed by atoms with E-state index in [0.29, 0.717) is 16.8 Å². The molecule has 0 saturated carbocycles. The first-order valence-corrected chi connectivity index (χ1v) is 3.83. The Morgan fingerprint density at radius 2 is 1.92 bits per heavy atom. The van der Waals surface area contributed by atoms with E-state index in [9.17, 15) is 4.39 Å². The Morgan fingerprint density at radius 3 is 2.38 bits per heavy atom. The largest absolute Gasteiger partial charge is 0.399 e. The number of benzene rings is 1. The molecule has 0 aliphatic carbocycles. The third kappa shape index (κ3) is 2.57. The number of halogens is 2. The van der Waals surface area contributed by atoms with Crippen molar-refractivity contribution in [2.75, 3.05) is 5.73 Å². The van der Waals surface area contributed by atoms with Crippen LogP contribution in [0.4, 0.5) is 10.1 Å². The van der Waals surface area contributed by atoms with Crippen molar-refractivity contribution >= 4 is 18.1 Å². The van der Waals surface area contributed by atoms with Gasteiger partial charge < -0.3 is 11.5 Å². The van der Waals surface area contributed by atoms with Crippen molar-refractivity contribution in [1.82, 2.24) is 0 Å². The minimum Gasteiger partial charge on any atom is -0.399 e. The van der Waals surface area contributed by atoms with Crippen LogP contribution in [-0.4, -0.2) is 0 Å². The summed E-state index contributed by atoms with van der Waals surface area (Å²) in [5.74, 6) is -0.251. The molecule has 0 bridgehead atoms.